The van der Waals surface area contributed by atoms with Gasteiger partial charge in [0, 0.05) is 18.5 Å². The first-order valence-corrected chi connectivity index (χ1v) is 7.33. The van der Waals surface area contributed by atoms with Gasteiger partial charge in [0.2, 0.25) is 0 Å². The van der Waals surface area contributed by atoms with Crippen molar-refractivity contribution in [2.75, 3.05) is 6.61 Å². The van der Waals surface area contributed by atoms with Gasteiger partial charge in [-0.05, 0) is 39.6 Å². The van der Waals surface area contributed by atoms with Crippen molar-refractivity contribution in [3.8, 4) is 16.9 Å². The Labute approximate surface area is 124 Å². The summed E-state index contributed by atoms with van der Waals surface area (Å²) in [5.74, 6) is 1.00. The Kier molecular flexibility index (Phi) is 2.90. The van der Waals surface area contributed by atoms with E-state index in [2.05, 4.69) is 54.6 Å². The average molecular weight is 275 g/mol. The lowest BCUT2D eigenvalue weighted by atomic mass is 9.94. The van der Waals surface area contributed by atoms with Gasteiger partial charge in [-0.3, -0.25) is 0 Å². The highest BCUT2D eigenvalue weighted by atomic mass is 16.5. The van der Waals surface area contributed by atoms with Gasteiger partial charge >= 0.3 is 0 Å². The maximum atomic E-state index is 5.90. The molecule has 0 radical (unpaired) electrons. The topological polar surface area (TPSA) is 35.2 Å². The van der Waals surface area contributed by atoms with E-state index in [0.29, 0.717) is 6.54 Å². The number of nitrogens with two attached hydrogens (primary N) is 1. The Bertz CT molecular complexity index is 818. The molecule has 0 bridgehead atoms. The second-order valence-corrected chi connectivity index (χ2v) is 5.45. The van der Waals surface area contributed by atoms with E-state index in [-0.39, 0.29) is 0 Å². The van der Waals surface area contributed by atoms with Crippen LogP contribution in [0.15, 0.2) is 54.6 Å². The molecule has 0 fully saturated rings. The van der Waals surface area contributed by atoms with E-state index < -0.39 is 0 Å². The van der Waals surface area contributed by atoms with Crippen molar-refractivity contribution in [3.63, 3.8) is 0 Å². The van der Waals surface area contributed by atoms with Gasteiger partial charge in [0.15, 0.2) is 0 Å². The smallest absolute Gasteiger partial charge is 0.127 e. The van der Waals surface area contributed by atoms with Crippen LogP contribution in [-0.2, 0) is 13.0 Å². The zero-order valence-corrected chi connectivity index (χ0v) is 11.8. The Morgan fingerprint density at radius 1 is 1.00 bits per heavy atom. The minimum Gasteiger partial charge on any atom is -0.493 e. The molecule has 2 nitrogen and oxygen atoms in total. The van der Waals surface area contributed by atoms with Gasteiger partial charge in [0.1, 0.15) is 5.75 Å². The average Bonchev–Trinajstić information content (AvgIpc) is 3.02. The maximum absolute atomic E-state index is 5.90. The third kappa shape index (κ3) is 1.99. The van der Waals surface area contributed by atoms with E-state index in [9.17, 15) is 0 Å². The van der Waals surface area contributed by atoms with Crippen molar-refractivity contribution >= 4 is 10.8 Å². The van der Waals surface area contributed by atoms with Crippen LogP contribution in [0.25, 0.3) is 21.9 Å². The number of hydrogen-bond acceptors (Lipinski definition) is 2. The highest BCUT2D eigenvalue weighted by Crippen LogP contribution is 2.36. The summed E-state index contributed by atoms with van der Waals surface area (Å²) in [5.41, 5.74) is 10.8. The molecule has 1 aliphatic rings. The molecular formula is C19H17NO. The fourth-order valence-corrected chi connectivity index (χ4v) is 3.17. The van der Waals surface area contributed by atoms with E-state index in [0.717, 1.165) is 24.3 Å². The monoisotopic (exact) mass is 275 g/mol. The Morgan fingerprint density at radius 3 is 2.76 bits per heavy atom. The molecule has 2 heteroatoms. The summed E-state index contributed by atoms with van der Waals surface area (Å²) in [6, 6.07) is 19.4. The lowest BCUT2D eigenvalue weighted by molar-refractivity contribution is 0.353. The fourth-order valence-electron chi connectivity index (χ4n) is 3.17. The van der Waals surface area contributed by atoms with Crippen molar-refractivity contribution in [1.29, 1.82) is 0 Å². The summed E-state index contributed by atoms with van der Waals surface area (Å²) in [7, 11) is 0. The van der Waals surface area contributed by atoms with Gasteiger partial charge in [-0.15, -0.1) is 0 Å². The standard InChI is InChI=1S/C19H17NO/c20-12-16-11-15(10-14-8-9-21-19(14)16)18-7-3-5-13-4-1-2-6-17(13)18/h1-7,10-11H,8-9,12,20H2. The molecule has 3 aromatic carbocycles. The Hall–Kier alpha value is -2.32. The molecule has 21 heavy (non-hydrogen) atoms. The first-order chi connectivity index (χ1) is 10.4. The lowest BCUT2D eigenvalue weighted by Gasteiger charge is -2.12. The third-order valence-electron chi connectivity index (χ3n) is 4.18. The van der Waals surface area contributed by atoms with Gasteiger partial charge < -0.3 is 10.5 Å². The van der Waals surface area contributed by atoms with E-state index in [1.54, 1.807) is 0 Å². The lowest BCUT2D eigenvalue weighted by Crippen LogP contribution is -2.00. The molecule has 2 N–H and O–H groups in total. The van der Waals surface area contributed by atoms with E-state index in [1.165, 1.54) is 27.5 Å². The molecule has 0 aromatic heterocycles. The minimum absolute atomic E-state index is 0.515. The molecule has 1 aliphatic heterocycles. The number of benzene rings is 3. The first-order valence-electron chi connectivity index (χ1n) is 7.33. The predicted molar refractivity (Wildman–Crippen MR) is 86.5 cm³/mol. The third-order valence-corrected chi connectivity index (χ3v) is 4.18. The molecule has 0 unspecified atom stereocenters. The SMILES string of the molecule is NCc1cc(-c2cccc3ccccc23)cc2c1OCC2. The molecule has 0 saturated heterocycles. The van der Waals surface area contributed by atoms with Crippen LogP contribution in [0.3, 0.4) is 0 Å². The highest BCUT2D eigenvalue weighted by molar-refractivity contribution is 5.97. The molecule has 104 valence electrons. The summed E-state index contributed by atoms with van der Waals surface area (Å²) >= 11 is 0. The maximum Gasteiger partial charge on any atom is 0.127 e. The van der Waals surface area contributed by atoms with E-state index >= 15 is 0 Å². The number of fused-ring (bicyclic) bond motifs is 2. The normalized spacial score (nSPS) is 13.2. The van der Waals surface area contributed by atoms with E-state index in [1.807, 2.05) is 0 Å². The van der Waals surface area contributed by atoms with Gasteiger partial charge in [-0.25, -0.2) is 0 Å². The van der Waals surface area contributed by atoms with Crippen molar-refractivity contribution in [2.45, 2.75) is 13.0 Å². The molecule has 0 saturated carbocycles. The van der Waals surface area contributed by atoms with Gasteiger partial charge in [-0.1, -0.05) is 42.5 Å². The van der Waals surface area contributed by atoms with Crippen LogP contribution in [0.4, 0.5) is 0 Å². The highest BCUT2D eigenvalue weighted by Gasteiger charge is 2.18. The molecule has 0 aliphatic carbocycles. The van der Waals surface area contributed by atoms with Gasteiger partial charge in [0.05, 0.1) is 6.61 Å². The van der Waals surface area contributed by atoms with Crippen molar-refractivity contribution in [2.24, 2.45) is 5.73 Å². The second kappa shape index (κ2) is 4.90. The van der Waals surface area contributed by atoms with Gasteiger partial charge in [0.25, 0.3) is 0 Å². The van der Waals surface area contributed by atoms with Crippen LogP contribution in [0.2, 0.25) is 0 Å². The Balaban J connectivity index is 1.97. The first kappa shape index (κ1) is 12.4. The second-order valence-electron chi connectivity index (χ2n) is 5.45. The summed E-state index contributed by atoms with van der Waals surface area (Å²) < 4.78 is 5.72. The number of hydrogen-bond donors (Lipinski definition) is 1. The fraction of sp³-hybridized carbons (Fsp3) is 0.158. The summed E-state index contributed by atoms with van der Waals surface area (Å²) in [6.07, 6.45) is 0.973. The molecule has 3 aromatic rings. The molecular weight excluding hydrogens is 258 g/mol. The van der Waals surface area contributed by atoms with Crippen LogP contribution in [-0.4, -0.2) is 6.61 Å². The summed E-state index contributed by atoms with van der Waals surface area (Å²) in [4.78, 5) is 0. The van der Waals surface area contributed by atoms with Crippen LogP contribution in [0, 0.1) is 0 Å². The van der Waals surface area contributed by atoms with Crippen LogP contribution in [0.1, 0.15) is 11.1 Å². The number of rotatable bonds is 2. The van der Waals surface area contributed by atoms with Crippen LogP contribution in [0.5, 0.6) is 5.75 Å². The van der Waals surface area contributed by atoms with Crippen molar-refractivity contribution in [3.05, 3.63) is 65.7 Å². The van der Waals surface area contributed by atoms with Crippen LogP contribution >= 0.6 is 0 Å². The molecule has 4 rings (SSSR count). The predicted octanol–water partition coefficient (Wildman–Crippen LogP) is 3.90. The molecule has 0 atom stereocenters. The largest absolute Gasteiger partial charge is 0.493 e. The van der Waals surface area contributed by atoms with Crippen molar-refractivity contribution < 1.29 is 4.74 Å². The quantitative estimate of drug-likeness (QED) is 0.770. The zero-order chi connectivity index (χ0) is 14.2. The zero-order valence-electron chi connectivity index (χ0n) is 11.8. The molecule has 0 spiro atoms. The van der Waals surface area contributed by atoms with Crippen LogP contribution < -0.4 is 10.5 Å². The van der Waals surface area contributed by atoms with E-state index in [4.69, 9.17) is 10.5 Å². The molecule has 0 amide bonds. The summed E-state index contributed by atoms with van der Waals surface area (Å²) in [6.45, 7) is 1.28. The summed E-state index contributed by atoms with van der Waals surface area (Å²) in [5, 5.41) is 2.54. The van der Waals surface area contributed by atoms with Crippen molar-refractivity contribution in [1.82, 2.24) is 0 Å². The van der Waals surface area contributed by atoms with Gasteiger partial charge in [-0.2, -0.15) is 0 Å². The minimum atomic E-state index is 0.515. The Morgan fingerprint density at radius 2 is 1.86 bits per heavy atom. The number of ether oxygens (including phenoxy) is 1. The molecule has 1 heterocycles.